The van der Waals surface area contributed by atoms with Crippen molar-refractivity contribution in [2.75, 3.05) is 6.26 Å². The normalized spacial score (nSPS) is 10.2. The Kier molecular flexibility index (Phi) is 6.99. The molecule has 0 saturated heterocycles. The molecular weight excluding hydrogens is 332 g/mol. The number of rotatable bonds is 3. The molecule has 8 heteroatoms. The summed E-state index contributed by atoms with van der Waals surface area (Å²) in [6.45, 7) is 8.88. The van der Waals surface area contributed by atoms with Gasteiger partial charge in [-0.15, -0.1) is 23.1 Å². The molecule has 2 aromatic heterocycles. The molecule has 0 aliphatic heterocycles. The Hall–Kier alpha value is -1.64. The van der Waals surface area contributed by atoms with Crippen molar-refractivity contribution >= 4 is 44.8 Å². The zero-order chi connectivity index (χ0) is 17.7. The summed E-state index contributed by atoms with van der Waals surface area (Å²) in [6.07, 6.45) is 2.24. The molecule has 2 rings (SSSR count). The number of thiophene rings is 1. The van der Waals surface area contributed by atoms with Gasteiger partial charge in [0.2, 0.25) is 11.8 Å². The number of nitrogens with zero attached hydrogens (tertiary/aromatic N) is 1. The highest BCUT2D eigenvalue weighted by Crippen LogP contribution is 2.30. The van der Waals surface area contributed by atoms with Crippen molar-refractivity contribution < 1.29 is 4.79 Å². The lowest BCUT2D eigenvalue weighted by Crippen LogP contribution is -2.20. The fourth-order valence-corrected chi connectivity index (χ4v) is 4.11. The average Bonchev–Trinajstić information content (AvgIpc) is 2.83. The summed E-state index contributed by atoms with van der Waals surface area (Å²) in [5, 5.41) is 9.19. The number of hydrogen-bond acceptors (Lipinski definition) is 6. The Morgan fingerprint density at radius 1 is 1.43 bits per heavy atom. The number of amides is 1. The van der Waals surface area contributed by atoms with E-state index in [0.29, 0.717) is 17.0 Å². The van der Waals surface area contributed by atoms with Crippen LogP contribution in [0.5, 0.6) is 0 Å². The van der Waals surface area contributed by atoms with Gasteiger partial charge in [0.25, 0.3) is 0 Å². The van der Waals surface area contributed by atoms with Crippen LogP contribution in [0.25, 0.3) is 10.2 Å². The van der Waals surface area contributed by atoms with E-state index in [1.54, 1.807) is 16.8 Å². The minimum atomic E-state index is 0.0124. The lowest BCUT2D eigenvalue weighted by atomic mass is 10.1. The number of fused-ring (bicyclic) bond motifs is 1. The number of carbonyl (C=O) groups excluding carboxylic acids is 1. The monoisotopic (exact) mass is 354 g/mol. The third-order valence-corrected chi connectivity index (χ3v) is 5.49. The Labute approximate surface area is 143 Å². The van der Waals surface area contributed by atoms with E-state index in [0.717, 1.165) is 28.0 Å². The van der Waals surface area contributed by atoms with E-state index in [4.69, 9.17) is 10.2 Å². The fourth-order valence-electron chi connectivity index (χ4n) is 2.39. The van der Waals surface area contributed by atoms with E-state index >= 15 is 0 Å². The molecule has 126 valence electrons. The first-order valence-electron chi connectivity index (χ1n) is 7.01. The Bertz CT molecular complexity index is 793. The molecule has 0 bridgehead atoms. The van der Waals surface area contributed by atoms with Crippen LogP contribution in [0.1, 0.15) is 28.6 Å². The first kappa shape index (κ1) is 19.4. The molecule has 0 aromatic carbocycles. The molecule has 0 radical (unpaired) electrons. The van der Waals surface area contributed by atoms with Crippen LogP contribution < -0.4 is 16.7 Å². The van der Waals surface area contributed by atoms with E-state index in [-0.39, 0.29) is 5.43 Å². The van der Waals surface area contributed by atoms with Crippen LogP contribution in [-0.2, 0) is 11.3 Å². The highest BCUT2D eigenvalue weighted by atomic mass is 32.2. The number of hydrazine groups is 1. The number of aromatic nitrogens is 1. The lowest BCUT2D eigenvalue weighted by Gasteiger charge is -2.14. The van der Waals surface area contributed by atoms with Gasteiger partial charge < -0.3 is 4.57 Å². The summed E-state index contributed by atoms with van der Waals surface area (Å²) < 4.78 is 2.15. The zero-order valence-electron chi connectivity index (χ0n) is 13.9. The summed E-state index contributed by atoms with van der Waals surface area (Å²) in [5.41, 5.74) is 4.28. The molecule has 0 fully saturated rings. The zero-order valence-corrected chi connectivity index (χ0v) is 15.6. The number of nitrogens with two attached hydrogens (primary N) is 1. The maximum absolute atomic E-state index is 12.7. The van der Waals surface area contributed by atoms with E-state index in [1.165, 1.54) is 16.6 Å². The SMILES string of the molecule is CCn1c(C)c(C(=N)SC)c(=O)c2c(C)c(C)sc21.NNC=O. The Balaban J connectivity index is 0.000000593. The number of pyridine rings is 1. The largest absolute Gasteiger partial charge is 0.336 e. The van der Waals surface area contributed by atoms with Crippen molar-refractivity contribution in [2.45, 2.75) is 34.2 Å². The molecule has 6 nitrogen and oxygen atoms in total. The molecule has 1 amide bonds. The molecule has 23 heavy (non-hydrogen) atoms. The van der Waals surface area contributed by atoms with Crippen molar-refractivity contribution in [3.63, 3.8) is 0 Å². The summed E-state index contributed by atoms with van der Waals surface area (Å²) in [7, 11) is 0. The van der Waals surface area contributed by atoms with Gasteiger partial charge in [-0.05, 0) is 39.5 Å². The Morgan fingerprint density at radius 2 is 2.00 bits per heavy atom. The van der Waals surface area contributed by atoms with E-state index in [9.17, 15) is 4.79 Å². The quantitative estimate of drug-likeness (QED) is 0.197. The van der Waals surface area contributed by atoms with Gasteiger partial charge in [0.05, 0.1) is 16.0 Å². The summed E-state index contributed by atoms with van der Waals surface area (Å²) in [6, 6.07) is 0. The fraction of sp³-hybridized carbons (Fsp3) is 0.400. The highest BCUT2D eigenvalue weighted by molar-refractivity contribution is 8.13. The van der Waals surface area contributed by atoms with Crippen molar-refractivity contribution in [1.29, 1.82) is 5.41 Å². The van der Waals surface area contributed by atoms with Gasteiger partial charge in [0.15, 0.2) is 0 Å². The van der Waals surface area contributed by atoms with Crippen LogP contribution in [0.15, 0.2) is 4.79 Å². The third kappa shape index (κ3) is 3.65. The van der Waals surface area contributed by atoms with Gasteiger partial charge in [0, 0.05) is 17.1 Å². The van der Waals surface area contributed by atoms with Crippen molar-refractivity contribution in [2.24, 2.45) is 5.84 Å². The molecule has 4 N–H and O–H groups in total. The second kappa shape index (κ2) is 8.28. The molecule has 0 aliphatic rings. The number of aryl methyl sites for hydroxylation is 3. The first-order valence-corrected chi connectivity index (χ1v) is 9.05. The molecule has 0 unspecified atom stereocenters. The van der Waals surface area contributed by atoms with E-state index in [1.807, 2.05) is 27.0 Å². The van der Waals surface area contributed by atoms with Crippen LogP contribution in [0.4, 0.5) is 0 Å². The average molecular weight is 355 g/mol. The number of nitrogens with one attached hydrogen (secondary N) is 2. The highest BCUT2D eigenvalue weighted by Gasteiger charge is 2.20. The van der Waals surface area contributed by atoms with Crippen molar-refractivity contribution in [3.05, 3.63) is 31.9 Å². The molecule has 0 aliphatic carbocycles. The minimum absolute atomic E-state index is 0.0124. The Morgan fingerprint density at radius 3 is 2.43 bits per heavy atom. The number of carbonyl (C=O) groups is 1. The van der Waals surface area contributed by atoms with Gasteiger partial charge in [-0.3, -0.25) is 20.4 Å². The van der Waals surface area contributed by atoms with Gasteiger partial charge in [-0.2, -0.15) is 0 Å². The molecule has 2 heterocycles. The maximum Gasteiger partial charge on any atom is 0.221 e. The van der Waals surface area contributed by atoms with Crippen LogP contribution in [0, 0.1) is 26.2 Å². The van der Waals surface area contributed by atoms with Crippen LogP contribution in [-0.4, -0.2) is 22.3 Å². The van der Waals surface area contributed by atoms with Gasteiger partial charge in [0.1, 0.15) is 4.83 Å². The van der Waals surface area contributed by atoms with Crippen molar-refractivity contribution in [1.82, 2.24) is 9.99 Å². The summed E-state index contributed by atoms with van der Waals surface area (Å²) in [4.78, 5) is 23.9. The van der Waals surface area contributed by atoms with Gasteiger partial charge >= 0.3 is 0 Å². The molecule has 0 saturated carbocycles. The third-order valence-electron chi connectivity index (χ3n) is 3.65. The van der Waals surface area contributed by atoms with Gasteiger partial charge in [-0.25, -0.2) is 5.84 Å². The standard InChI is InChI=1S/C14H18N2OS2.CH4N2O/c1-6-16-8(3)11(13(15)18-5)12(17)10-7(2)9(4)19-14(10)16;2-3-1-4/h15H,6H2,1-5H3;1H,2H2,(H,3,4). The van der Waals surface area contributed by atoms with Crippen LogP contribution >= 0.6 is 23.1 Å². The maximum atomic E-state index is 12.7. The smallest absolute Gasteiger partial charge is 0.221 e. The predicted octanol–water partition coefficient (Wildman–Crippen LogP) is 2.30. The van der Waals surface area contributed by atoms with Gasteiger partial charge in [-0.1, -0.05) is 0 Å². The topological polar surface area (TPSA) is 101 Å². The van der Waals surface area contributed by atoms with Crippen molar-refractivity contribution in [3.8, 4) is 0 Å². The second-order valence-corrected chi connectivity index (χ2v) is 6.83. The molecule has 2 aromatic rings. The molecule has 0 spiro atoms. The second-order valence-electron chi connectivity index (χ2n) is 4.81. The van der Waals surface area contributed by atoms with E-state index < -0.39 is 0 Å². The lowest BCUT2D eigenvalue weighted by molar-refractivity contribution is -0.109. The summed E-state index contributed by atoms with van der Waals surface area (Å²) in [5.74, 6) is 4.41. The molecular formula is C15H22N4O2S2. The van der Waals surface area contributed by atoms with Crippen LogP contribution in [0.2, 0.25) is 0 Å². The number of hydrogen-bond donors (Lipinski definition) is 3. The summed E-state index contributed by atoms with van der Waals surface area (Å²) >= 11 is 2.99. The van der Waals surface area contributed by atoms with E-state index in [2.05, 4.69) is 17.3 Å². The number of thioether (sulfide) groups is 1. The minimum Gasteiger partial charge on any atom is -0.336 e. The molecule has 0 atom stereocenters. The van der Waals surface area contributed by atoms with Crippen LogP contribution in [0.3, 0.4) is 0 Å². The first-order chi connectivity index (χ1) is 10.8. The predicted molar refractivity (Wildman–Crippen MR) is 99.7 cm³/mol.